The Morgan fingerprint density at radius 3 is 2.48 bits per heavy atom. The lowest BCUT2D eigenvalue weighted by Gasteiger charge is -2.07. The van der Waals surface area contributed by atoms with E-state index in [9.17, 15) is 13.2 Å². The van der Waals surface area contributed by atoms with Crippen molar-refractivity contribution in [1.82, 2.24) is 4.72 Å². The molecule has 1 aromatic carbocycles. The van der Waals surface area contributed by atoms with Gasteiger partial charge in [0.2, 0.25) is 15.9 Å². The summed E-state index contributed by atoms with van der Waals surface area (Å²) < 4.78 is 31.6. The van der Waals surface area contributed by atoms with Crippen molar-refractivity contribution in [3.63, 3.8) is 0 Å². The van der Waals surface area contributed by atoms with Gasteiger partial charge < -0.3 is 9.73 Å². The van der Waals surface area contributed by atoms with Gasteiger partial charge in [0.15, 0.2) is 0 Å². The molecule has 0 atom stereocenters. The summed E-state index contributed by atoms with van der Waals surface area (Å²) in [7, 11) is -3.55. The topological polar surface area (TPSA) is 88.4 Å². The van der Waals surface area contributed by atoms with E-state index in [-0.39, 0.29) is 17.3 Å². The fourth-order valence-electron chi connectivity index (χ4n) is 1.77. The summed E-state index contributed by atoms with van der Waals surface area (Å²) in [6.07, 6.45) is 3.68. The first-order valence-electron chi connectivity index (χ1n) is 6.36. The maximum absolute atomic E-state index is 12.1. The zero-order chi connectivity index (χ0) is 15.3. The second-order valence-corrected chi connectivity index (χ2v) is 6.25. The number of rotatable bonds is 6. The second-order valence-electron chi connectivity index (χ2n) is 4.48. The fourth-order valence-corrected chi connectivity index (χ4v) is 2.80. The maximum atomic E-state index is 12.1. The first-order valence-corrected chi connectivity index (χ1v) is 7.84. The van der Waals surface area contributed by atoms with Gasteiger partial charge in [0, 0.05) is 19.2 Å². The SMILES string of the molecule is CC(=O)Nc1ccc(S(=O)(=O)NCCc2ccoc2)cc1. The number of amides is 1. The molecule has 0 radical (unpaired) electrons. The van der Waals surface area contributed by atoms with Gasteiger partial charge in [-0.05, 0) is 42.3 Å². The molecule has 0 fully saturated rings. The van der Waals surface area contributed by atoms with Crippen LogP contribution in [0, 0.1) is 0 Å². The van der Waals surface area contributed by atoms with Gasteiger partial charge in [-0.25, -0.2) is 13.1 Å². The maximum Gasteiger partial charge on any atom is 0.240 e. The summed E-state index contributed by atoms with van der Waals surface area (Å²) in [6, 6.07) is 7.78. The summed E-state index contributed by atoms with van der Waals surface area (Å²) in [5.41, 5.74) is 1.48. The third-order valence-electron chi connectivity index (χ3n) is 2.77. The molecular weight excluding hydrogens is 292 g/mol. The largest absolute Gasteiger partial charge is 0.472 e. The molecule has 2 aromatic rings. The van der Waals surface area contributed by atoms with Crippen LogP contribution in [0.25, 0.3) is 0 Å². The number of sulfonamides is 1. The number of benzene rings is 1. The van der Waals surface area contributed by atoms with E-state index in [1.54, 1.807) is 30.7 Å². The van der Waals surface area contributed by atoms with Crippen LogP contribution in [-0.4, -0.2) is 20.9 Å². The summed E-state index contributed by atoms with van der Waals surface area (Å²) in [5.74, 6) is -0.205. The van der Waals surface area contributed by atoms with Crippen LogP contribution in [0.5, 0.6) is 0 Å². The monoisotopic (exact) mass is 308 g/mol. The van der Waals surface area contributed by atoms with E-state index in [4.69, 9.17) is 4.42 Å². The van der Waals surface area contributed by atoms with Gasteiger partial charge in [-0.3, -0.25) is 4.79 Å². The van der Waals surface area contributed by atoms with Crippen molar-refractivity contribution in [2.45, 2.75) is 18.2 Å². The minimum atomic E-state index is -3.55. The zero-order valence-electron chi connectivity index (χ0n) is 11.5. The molecule has 0 saturated heterocycles. The summed E-state index contributed by atoms with van der Waals surface area (Å²) in [4.78, 5) is 11.1. The predicted octanol–water partition coefficient (Wildman–Crippen LogP) is 1.76. The van der Waals surface area contributed by atoms with Crippen LogP contribution < -0.4 is 10.0 Å². The molecule has 0 bridgehead atoms. The Bertz CT molecular complexity index is 691. The van der Waals surface area contributed by atoms with Crippen molar-refractivity contribution < 1.29 is 17.6 Å². The average Bonchev–Trinajstić information content (AvgIpc) is 2.91. The highest BCUT2D eigenvalue weighted by Gasteiger charge is 2.13. The van der Waals surface area contributed by atoms with Crippen LogP contribution in [0.2, 0.25) is 0 Å². The molecular formula is C14H16N2O4S. The molecule has 7 heteroatoms. The number of hydrogen-bond acceptors (Lipinski definition) is 4. The smallest absolute Gasteiger partial charge is 0.240 e. The first kappa shape index (κ1) is 15.3. The number of furan rings is 1. The normalized spacial score (nSPS) is 11.3. The molecule has 1 amide bonds. The first-order chi connectivity index (χ1) is 9.97. The lowest BCUT2D eigenvalue weighted by atomic mass is 10.2. The van der Waals surface area contributed by atoms with Crippen LogP contribution in [0.4, 0.5) is 5.69 Å². The average molecular weight is 308 g/mol. The zero-order valence-corrected chi connectivity index (χ0v) is 12.3. The van der Waals surface area contributed by atoms with Gasteiger partial charge in [-0.15, -0.1) is 0 Å². The Hall–Kier alpha value is -2.12. The van der Waals surface area contributed by atoms with Crippen molar-refractivity contribution in [3.05, 3.63) is 48.4 Å². The Morgan fingerprint density at radius 1 is 1.19 bits per heavy atom. The van der Waals surface area contributed by atoms with Crippen LogP contribution in [0.3, 0.4) is 0 Å². The van der Waals surface area contributed by atoms with Gasteiger partial charge in [-0.2, -0.15) is 0 Å². The lowest BCUT2D eigenvalue weighted by Crippen LogP contribution is -2.25. The summed E-state index contributed by atoms with van der Waals surface area (Å²) in [6.45, 7) is 1.68. The molecule has 0 unspecified atom stereocenters. The van der Waals surface area contributed by atoms with Crippen molar-refractivity contribution in [1.29, 1.82) is 0 Å². The van der Waals surface area contributed by atoms with Crippen molar-refractivity contribution in [3.8, 4) is 0 Å². The molecule has 21 heavy (non-hydrogen) atoms. The molecule has 0 spiro atoms. The van der Waals surface area contributed by atoms with Gasteiger partial charge in [0.1, 0.15) is 0 Å². The molecule has 1 heterocycles. The molecule has 0 saturated carbocycles. The Labute approximate surface area is 123 Å². The highest BCUT2D eigenvalue weighted by Crippen LogP contribution is 2.14. The van der Waals surface area contributed by atoms with Crippen LogP contribution in [0.15, 0.2) is 52.2 Å². The van der Waals surface area contributed by atoms with E-state index < -0.39 is 10.0 Å². The van der Waals surface area contributed by atoms with Crippen LogP contribution in [-0.2, 0) is 21.2 Å². The molecule has 0 aliphatic heterocycles. The summed E-state index contributed by atoms with van der Waals surface area (Å²) in [5, 5.41) is 2.58. The van der Waals surface area contributed by atoms with Gasteiger partial charge in [0.05, 0.1) is 17.4 Å². The molecule has 0 aliphatic rings. The van der Waals surface area contributed by atoms with E-state index in [1.807, 2.05) is 0 Å². The number of carbonyl (C=O) groups is 1. The fraction of sp³-hybridized carbons (Fsp3) is 0.214. The third-order valence-corrected chi connectivity index (χ3v) is 4.25. The number of hydrogen-bond donors (Lipinski definition) is 2. The molecule has 0 aliphatic carbocycles. The van der Waals surface area contributed by atoms with E-state index in [1.165, 1.54) is 19.1 Å². The highest BCUT2D eigenvalue weighted by atomic mass is 32.2. The summed E-state index contributed by atoms with van der Waals surface area (Å²) >= 11 is 0. The minimum Gasteiger partial charge on any atom is -0.472 e. The van der Waals surface area contributed by atoms with Crippen LogP contribution >= 0.6 is 0 Å². The van der Waals surface area contributed by atoms with E-state index in [0.29, 0.717) is 12.1 Å². The molecule has 1 aromatic heterocycles. The standard InChI is InChI=1S/C14H16N2O4S/c1-11(17)16-13-2-4-14(5-3-13)21(18,19)15-8-6-12-7-9-20-10-12/h2-5,7,9-10,15H,6,8H2,1H3,(H,16,17). The number of anilines is 1. The molecule has 6 nitrogen and oxygen atoms in total. The van der Waals surface area contributed by atoms with Crippen LogP contribution in [0.1, 0.15) is 12.5 Å². The van der Waals surface area contributed by atoms with Gasteiger partial charge in [-0.1, -0.05) is 0 Å². The molecule has 2 N–H and O–H groups in total. The van der Waals surface area contributed by atoms with Gasteiger partial charge in [0.25, 0.3) is 0 Å². The number of nitrogens with one attached hydrogen (secondary N) is 2. The lowest BCUT2D eigenvalue weighted by molar-refractivity contribution is -0.114. The number of carbonyl (C=O) groups excluding carboxylic acids is 1. The van der Waals surface area contributed by atoms with E-state index in [0.717, 1.165) is 5.56 Å². The van der Waals surface area contributed by atoms with Crippen molar-refractivity contribution in [2.24, 2.45) is 0 Å². The Morgan fingerprint density at radius 2 is 1.90 bits per heavy atom. The van der Waals surface area contributed by atoms with Gasteiger partial charge >= 0.3 is 0 Å². The predicted molar refractivity (Wildman–Crippen MR) is 78.3 cm³/mol. The minimum absolute atomic E-state index is 0.156. The van der Waals surface area contributed by atoms with E-state index in [2.05, 4.69) is 10.0 Å². The Balaban J connectivity index is 1.96. The van der Waals surface area contributed by atoms with Crippen molar-refractivity contribution >= 4 is 21.6 Å². The molecule has 2 rings (SSSR count). The van der Waals surface area contributed by atoms with Crippen molar-refractivity contribution in [2.75, 3.05) is 11.9 Å². The second kappa shape index (κ2) is 6.55. The molecule has 112 valence electrons. The quantitative estimate of drug-likeness (QED) is 0.851. The third kappa shape index (κ3) is 4.44. The van der Waals surface area contributed by atoms with E-state index >= 15 is 0 Å². The highest BCUT2D eigenvalue weighted by molar-refractivity contribution is 7.89. The Kier molecular flexibility index (Phi) is 4.77.